The summed E-state index contributed by atoms with van der Waals surface area (Å²) in [5.74, 6) is 0.826. The van der Waals surface area contributed by atoms with Crippen molar-refractivity contribution >= 4 is 12.4 Å². The molecule has 142 valence electrons. The van der Waals surface area contributed by atoms with Crippen molar-refractivity contribution < 1.29 is 9.84 Å². The Morgan fingerprint density at radius 1 is 1.19 bits per heavy atom. The number of nitrogens with two attached hydrogens (primary N) is 1. The second-order valence-corrected chi connectivity index (χ2v) is 7.00. The SMILES string of the molecule is CC(C)N[C@@H]1CCc2c(ccc(OCc3ccccc3)c2CN)[C@H]1O.Cl. The highest BCUT2D eigenvalue weighted by molar-refractivity contribution is 5.85. The van der Waals surface area contributed by atoms with E-state index in [-0.39, 0.29) is 18.4 Å². The molecular weight excluding hydrogens is 348 g/mol. The third-order valence-electron chi connectivity index (χ3n) is 4.82. The quantitative estimate of drug-likeness (QED) is 0.721. The molecule has 0 spiro atoms. The lowest BCUT2D eigenvalue weighted by molar-refractivity contribution is 0.110. The molecule has 0 unspecified atom stereocenters. The largest absolute Gasteiger partial charge is 0.489 e. The number of aliphatic hydroxyl groups excluding tert-OH is 1. The third kappa shape index (κ3) is 4.57. The summed E-state index contributed by atoms with van der Waals surface area (Å²) in [6, 6.07) is 14.5. The summed E-state index contributed by atoms with van der Waals surface area (Å²) in [4.78, 5) is 0. The van der Waals surface area contributed by atoms with Crippen LogP contribution in [0.3, 0.4) is 0 Å². The Bertz CT molecular complexity index is 707. The molecule has 26 heavy (non-hydrogen) atoms. The number of aliphatic hydroxyl groups is 1. The van der Waals surface area contributed by atoms with E-state index in [1.165, 1.54) is 0 Å². The monoisotopic (exact) mass is 376 g/mol. The van der Waals surface area contributed by atoms with Crippen molar-refractivity contribution in [1.82, 2.24) is 5.32 Å². The smallest absolute Gasteiger partial charge is 0.124 e. The number of ether oxygens (including phenoxy) is 1. The molecule has 0 aromatic heterocycles. The zero-order chi connectivity index (χ0) is 17.8. The van der Waals surface area contributed by atoms with Crippen molar-refractivity contribution in [3.05, 3.63) is 64.7 Å². The molecule has 0 saturated carbocycles. The van der Waals surface area contributed by atoms with Crippen molar-refractivity contribution in [2.75, 3.05) is 0 Å². The Hall–Kier alpha value is -1.59. The summed E-state index contributed by atoms with van der Waals surface area (Å²) in [7, 11) is 0. The fourth-order valence-electron chi connectivity index (χ4n) is 3.63. The molecule has 0 amide bonds. The fourth-order valence-corrected chi connectivity index (χ4v) is 3.63. The van der Waals surface area contributed by atoms with E-state index < -0.39 is 6.10 Å². The van der Waals surface area contributed by atoms with Crippen molar-refractivity contribution in [2.24, 2.45) is 5.73 Å². The zero-order valence-corrected chi connectivity index (χ0v) is 16.3. The van der Waals surface area contributed by atoms with Crippen molar-refractivity contribution in [3.63, 3.8) is 0 Å². The first-order valence-corrected chi connectivity index (χ1v) is 9.05. The topological polar surface area (TPSA) is 67.5 Å². The average molecular weight is 377 g/mol. The van der Waals surface area contributed by atoms with E-state index in [0.29, 0.717) is 19.2 Å². The number of rotatable bonds is 6. The molecule has 4 N–H and O–H groups in total. The van der Waals surface area contributed by atoms with Crippen LogP contribution in [0.2, 0.25) is 0 Å². The maximum atomic E-state index is 10.7. The Balaban J connectivity index is 0.00000243. The second kappa shape index (κ2) is 9.38. The van der Waals surface area contributed by atoms with Crippen LogP contribution in [-0.2, 0) is 19.6 Å². The second-order valence-electron chi connectivity index (χ2n) is 7.00. The molecule has 2 atom stereocenters. The minimum Gasteiger partial charge on any atom is -0.489 e. The first kappa shape index (κ1) is 20.7. The van der Waals surface area contributed by atoms with Crippen LogP contribution < -0.4 is 15.8 Å². The molecule has 0 radical (unpaired) electrons. The number of fused-ring (bicyclic) bond motifs is 1. The molecule has 2 aromatic rings. The first-order chi connectivity index (χ1) is 12.1. The van der Waals surface area contributed by atoms with Gasteiger partial charge in [-0.25, -0.2) is 0 Å². The summed E-state index contributed by atoms with van der Waals surface area (Å²) in [6.45, 7) is 5.15. The van der Waals surface area contributed by atoms with Crippen LogP contribution >= 0.6 is 12.4 Å². The van der Waals surface area contributed by atoms with Gasteiger partial charge in [0.1, 0.15) is 12.4 Å². The molecule has 2 aromatic carbocycles. The average Bonchev–Trinajstić information content (AvgIpc) is 2.62. The maximum Gasteiger partial charge on any atom is 0.124 e. The Labute approximate surface area is 162 Å². The van der Waals surface area contributed by atoms with Gasteiger partial charge in [-0.1, -0.05) is 50.2 Å². The van der Waals surface area contributed by atoms with Gasteiger partial charge in [0.15, 0.2) is 0 Å². The summed E-state index contributed by atoms with van der Waals surface area (Å²) in [5.41, 5.74) is 10.3. The van der Waals surface area contributed by atoms with E-state index in [1.54, 1.807) is 0 Å². The minimum atomic E-state index is -0.500. The lowest BCUT2D eigenvalue weighted by Gasteiger charge is -2.33. The van der Waals surface area contributed by atoms with Crippen molar-refractivity contribution in [3.8, 4) is 5.75 Å². The van der Waals surface area contributed by atoms with E-state index >= 15 is 0 Å². The molecule has 1 aliphatic carbocycles. The lowest BCUT2D eigenvalue weighted by atomic mass is 9.82. The molecule has 0 heterocycles. The fraction of sp³-hybridized carbons (Fsp3) is 0.429. The van der Waals surface area contributed by atoms with Gasteiger partial charge in [-0.05, 0) is 35.6 Å². The molecule has 3 rings (SSSR count). The minimum absolute atomic E-state index is 0. The van der Waals surface area contributed by atoms with Crippen LogP contribution in [0.15, 0.2) is 42.5 Å². The molecule has 0 saturated heterocycles. The predicted octanol–water partition coefficient (Wildman–Crippen LogP) is 3.49. The van der Waals surface area contributed by atoms with Gasteiger partial charge in [-0.2, -0.15) is 0 Å². The highest BCUT2D eigenvalue weighted by atomic mass is 35.5. The molecule has 5 heteroatoms. The number of hydrogen-bond acceptors (Lipinski definition) is 4. The first-order valence-electron chi connectivity index (χ1n) is 9.05. The Kier molecular flexibility index (Phi) is 7.47. The highest BCUT2D eigenvalue weighted by Crippen LogP contribution is 2.36. The van der Waals surface area contributed by atoms with Crippen molar-refractivity contribution in [2.45, 2.75) is 58.0 Å². The molecule has 0 aliphatic heterocycles. The third-order valence-corrected chi connectivity index (χ3v) is 4.82. The van der Waals surface area contributed by atoms with Crippen LogP contribution in [0, 0.1) is 0 Å². The van der Waals surface area contributed by atoms with Gasteiger partial charge >= 0.3 is 0 Å². The van der Waals surface area contributed by atoms with Gasteiger partial charge in [0, 0.05) is 24.2 Å². The van der Waals surface area contributed by atoms with Crippen LogP contribution in [0.5, 0.6) is 5.75 Å². The number of halogens is 1. The number of hydrogen-bond donors (Lipinski definition) is 3. The van der Waals surface area contributed by atoms with Crippen LogP contribution in [0.1, 0.15) is 48.6 Å². The summed E-state index contributed by atoms with van der Waals surface area (Å²) < 4.78 is 6.03. The summed E-state index contributed by atoms with van der Waals surface area (Å²) >= 11 is 0. The predicted molar refractivity (Wildman–Crippen MR) is 108 cm³/mol. The van der Waals surface area contributed by atoms with Gasteiger partial charge in [0.25, 0.3) is 0 Å². The molecule has 1 aliphatic rings. The molecule has 4 nitrogen and oxygen atoms in total. The summed E-state index contributed by atoms with van der Waals surface area (Å²) in [6.07, 6.45) is 1.31. The van der Waals surface area contributed by atoms with Crippen LogP contribution in [-0.4, -0.2) is 17.2 Å². The molecule has 0 fully saturated rings. The Morgan fingerprint density at radius 2 is 1.92 bits per heavy atom. The highest BCUT2D eigenvalue weighted by Gasteiger charge is 2.30. The van der Waals surface area contributed by atoms with Gasteiger partial charge < -0.3 is 20.9 Å². The number of benzene rings is 2. The molecular formula is C21H29ClN2O2. The van der Waals surface area contributed by atoms with Gasteiger partial charge in [-0.15, -0.1) is 12.4 Å². The summed E-state index contributed by atoms with van der Waals surface area (Å²) in [5, 5.41) is 14.2. The lowest BCUT2D eigenvalue weighted by Crippen LogP contribution is -2.42. The standard InChI is InChI=1S/C21H28N2O2.ClH/c1-14(2)23-19-10-8-16-17(21(19)24)9-11-20(18(16)12-22)25-13-15-6-4-3-5-7-15;/h3-7,9,11,14,19,21,23-24H,8,10,12-13,22H2,1-2H3;1H/t19-,21-;/m1./s1. The molecule has 0 bridgehead atoms. The van der Waals surface area contributed by atoms with E-state index in [1.807, 2.05) is 42.5 Å². The van der Waals surface area contributed by atoms with Gasteiger partial charge in [0.2, 0.25) is 0 Å². The maximum absolute atomic E-state index is 10.7. The van der Waals surface area contributed by atoms with Crippen LogP contribution in [0.25, 0.3) is 0 Å². The van der Waals surface area contributed by atoms with E-state index in [4.69, 9.17) is 10.5 Å². The van der Waals surface area contributed by atoms with E-state index in [9.17, 15) is 5.11 Å². The number of nitrogens with one attached hydrogen (secondary N) is 1. The Morgan fingerprint density at radius 3 is 2.58 bits per heavy atom. The van der Waals surface area contributed by atoms with Crippen LogP contribution in [0.4, 0.5) is 0 Å². The van der Waals surface area contributed by atoms with E-state index in [2.05, 4.69) is 19.2 Å². The normalized spacial score (nSPS) is 19.0. The van der Waals surface area contributed by atoms with E-state index in [0.717, 1.165) is 40.8 Å². The zero-order valence-electron chi connectivity index (χ0n) is 15.4. The van der Waals surface area contributed by atoms with Gasteiger partial charge in [-0.3, -0.25) is 0 Å². The van der Waals surface area contributed by atoms with Crippen molar-refractivity contribution in [1.29, 1.82) is 0 Å². The van der Waals surface area contributed by atoms with Gasteiger partial charge in [0.05, 0.1) is 6.10 Å².